The molecule has 2 heterocycles. The first-order valence-corrected chi connectivity index (χ1v) is 13.8. The largest absolute Gasteiger partial charge is 0.389 e. The molecular weight excluding hydrogens is 435 g/mol. The summed E-state index contributed by atoms with van der Waals surface area (Å²) in [7, 11) is 0. The molecule has 2 fully saturated rings. The third kappa shape index (κ3) is 6.88. The highest BCUT2D eigenvalue weighted by Crippen LogP contribution is 2.61. The van der Waals surface area contributed by atoms with Crippen molar-refractivity contribution < 1.29 is 42.8 Å². The minimum absolute atomic E-state index is 0.0169. The lowest BCUT2D eigenvalue weighted by Crippen LogP contribution is -2.39. The van der Waals surface area contributed by atoms with Gasteiger partial charge in [0.05, 0.1) is 37.6 Å². The van der Waals surface area contributed by atoms with Crippen molar-refractivity contribution in [1.82, 2.24) is 0 Å². The SMILES string of the molecule is CSP(=O)(OC[C@H]1O[C@@H](C)[C@@H](O)C1OC(C)C)OC1[C@@H](COC(C)C)O[C@@H](C)[C@H]1O. The molecule has 2 aliphatic rings. The van der Waals surface area contributed by atoms with Crippen LogP contribution in [0.25, 0.3) is 0 Å². The van der Waals surface area contributed by atoms with Crippen molar-refractivity contribution in [2.45, 2.75) is 103 Å². The topological polar surface area (TPSA) is 113 Å². The standard InChI is InChI=1S/C19H37O9PS/c1-10(2)23-8-14-19(17(21)13(6)26-14)28-29(22,30-7)24-9-15-18(25-11(3)4)16(20)12(5)27-15/h10-21H,8-9H2,1-7H3/t12-,13-,14+,15+,16+,17+,18?,19?,29?/m0/s1. The Morgan fingerprint density at radius 2 is 1.47 bits per heavy atom. The zero-order valence-corrected chi connectivity index (χ0v) is 20.5. The molecule has 0 bridgehead atoms. The molecule has 9 atom stereocenters. The van der Waals surface area contributed by atoms with E-state index in [9.17, 15) is 14.8 Å². The summed E-state index contributed by atoms with van der Waals surface area (Å²) >= 11 is 0.934. The molecule has 0 aromatic carbocycles. The van der Waals surface area contributed by atoms with E-state index in [1.54, 1.807) is 20.1 Å². The molecule has 0 radical (unpaired) electrons. The molecule has 2 aliphatic heterocycles. The smallest absolute Gasteiger partial charge is 0.388 e. The van der Waals surface area contributed by atoms with Crippen molar-refractivity contribution in [3.8, 4) is 0 Å². The highest BCUT2D eigenvalue weighted by atomic mass is 32.7. The lowest BCUT2D eigenvalue weighted by Gasteiger charge is -2.27. The van der Waals surface area contributed by atoms with Gasteiger partial charge in [0, 0.05) is 0 Å². The van der Waals surface area contributed by atoms with Crippen LogP contribution in [0.4, 0.5) is 0 Å². The predicted molar refractivity (Wildman–Crippen MR) is 114 cm³/mol. The Hall–Kier alpha value is 0.260. The van der Waals surface area contributed by atoms with Crippen LogP contribution in [0.15, 0.2) is 0 Å². The van der Waals surface area contributed by atoms with Crippen LogP contribution < -0.4 is 0 Å². The highest BCUT2D eigenvalue weighted by Gasteiger charge is 2.48. The quantitative estimate of drug-likeness (QED) is 0.435. The van der Waals surface area contributed by atoms with Crippen LogP contribution in [0, 0.1) is 0 Å². The summed E-state index contributed by atoms with van der Waals surface area (Å²) in [4.78, 5) is 0. The van der Waals surface area contributed by atoms with Crippen LogP contribution in [0.2, 0.25) is 0 Å². The lowest BCUT2D eigenvalue weighted by molar-refractivity contribution is -0.0775. The highest BCUT2D eigenvalue weighted by molar-refractivity contribution is 8.54. The van der Waals surface area contributed by atoms with Crippen LogP contribution in [0.5, 0.6) is 0 Å². The third-order valence-electron chi connectivity index (χ3n) is 5.04. The van der Waals surface area contributed by atoms with E-state index in [1.807, 2.05) is 27.7 Å². The summed E-state index contributed by atoms with van der Waals surface area (Å²) in [5, 5.41) is 20.8. The lowest BCUT2D eigenvalue weighted by atomic mass is 10.1. The normalized spacial score (nSPS) is 39.2. The van der Waals surface area contributed by atoms with E-state index in [4.69, 9.17) is 28.0 Å². The Kier molecular flexibility index (Phi) is 10.1. The number of hydrogen-bond acceptors (Lipinski definition) is 10. The molecular formula is C19H37O9PS. The molecule has 178 valence electrons. The molecule has 11 heteroatoms. The van der Waals surface area contributed by atoms with Crippen molar-refractivity contribution in [3.05, 3.63) is 0 Å². The summed E-state index contributed by atoms with van der Waals surface area (Å²) in [6.45, 7) is 7.48. The van der Waals surface area contributed by atoms with Gasteiger partial charge in [0.25, 0.3) is 0 Å². The first kappa shape index (κ1) is 26.5. The minimum Gasteiger partial charge on any atom is -0.388 e. The van der Waals surface area contributed by atoms with Crippen molar-refractivity contribution in [3.63, 3.8) is 0 Å². The van der Waals surface area contributed by atoms with Gasteiger partial charge in [0.15, 0.2) is 0 Å². The number of aliphatic hydroxyl groups excluding tert-OH is 2. The second-order valence-electron chi connectivity index (χ2n) is 8.27. The van der Waals surface area contributed by atoms with Gasteiger partial charge in [0.1, 0.15) is 36.6 Å². The van der Waals surface area contributed by atoms with Gasteiger partial charge in [-0.05, 0) is 59.2 Å². The van der Waals surface area contributed by atoms with Crippen molar-refractivity contribution in [1.29, 1.82) is 0 Å². The van der Waals surface area contributed by atoms with Crippen LogP contribution in [-0.2, 0) is 32.6 Å². The molecule has 2 rings (SSSR count). The zero-order chi connectivity index (χ0) is 22.6. The number of ether oxygens (including phenoxy) is 4. The maximum Gasteiger partial charge on any atom is 0.389 e. The molecule has 9 nitrogen and oxygen atoms in total. The molecule has 0 amide bonds. The monoisotopic (exact) mass is 472 g/mol. The summed E-state index contributed by atoms with van der Waals surface area (Å²) in [5.41, 5.74) is 0. The predicted octanol–water partition coefficient (Wildman–Crippen LogP) is 2.37. The molecule has 0 spiro atoms. The van der Waals surface area contributed by atoms with Crippen molar-refractivity contribution in [2.75, 3.05) is 19.5 Å². The van der Waals surface area contributed by atoms with E-state index < -0.39 is 55.6 Å². The Morgan fingerprint density at radius 3 is 1.97 bits per heavy atom. The number of rotatable bonds is 11. The fourth-order valence-electron chi connectivity index (χ4n) is 3.45. The number of aliphatic hydroxyl groups is 2. The Balaban J connectivity index is 2.03. The molecule has 0 aromatic heterocycles. The Labute approximate surface area is 183 Å². The average molecular weight is 473 g/mol. The van der Waals surface area contributed by atoms with Gasteiger partial charge in [-0.3, -0.25) is 9.05 Å². The second kappa shape index (κ2) is 11.4. The van der Waals surface area contributed by atoms with Gasteiger partial charge in [-0.25, -0.2) is 4.57 Å². The fraction of sp³-hybridized carbons (Fsp3) is 1.00. The zero-order valence-electron chi connectivity index (χ0n) is 18.8. The molecule has 0 aromatic rings. The van der Waals surface area contributed by atoms with Crippen molar-refractivity contribution >= 4 is 18.2 Å². The molecule has 3 unspecified atom stereocenters. The second-order valence-corrected chi connectivity index (χ2v) is 12.4. The molecule has 2 saturated heterocycles. The van der Waals surface area contributed by atoms with Gasteiger partial charge in [-0.15, -0.1) is 0 Å². The maximum absolute atomic E-state index is 13.3. The van der Waals surface area contributed by atoms with Gasteiger partial charge < -0.3 is 29.2 Å². The van der Waals surface area contributed by atoms with Gasteiger partial charge in [0.2, 0.25) is 0 Å². The summed E-state index contributed by atoms with van der Waals surface area (Å²) in [6, 6.07) is 0. The van der Waals surface area contributed by atoms with Gasteiger partial charge in [-0.1, -0.05) is 0 Å². The van der Waals surface area contributed by atoms with E-state index >= 15 is 0 Å². The van der Waals surface area contributed by atoms with Crippen molar-refractivity contribution in [2.24, 2.45) is 0 Å². The Morgan fingerprint density at radius 1 is 0.933 bits per heavy atom. The molecule has 0 saturated carbocycles. The fourth-order valence-corrected chi connectivity index (χ4v) is 5.65. The van der Waals surface area contributed by atoms with Crippen LogP contribution in [0.1, 0.15) is 41.5 Å². The average Bonchev–Trinajstić information content (AvgIpc) is 3.09. The van der Waals surface area contributed by atoms with Gasteiger partial charge >= 0.3 is 6.80 Å². The van der Waals surface area contributed by atoms with Crippen LogP contribution in [-0.4, -0.2) is 90.7 Å². The first-order valence-electron chi connectivity index (χ1n) is 10.4. The molecule has 30 heavy (non-hydrogen) atoms. The minimum atomic E-state index is -3.65. The van der Waals surface area contributed by atoms with Gasteiger partial charge in [-0.2, -0.15) is 0 Å². The van der Waals surface area contributed by atoms with E-state index in [0.29, 0.717) is 0 Å². The Bertz CT molecular complexity index is 578. The molecule has 0 aliphatic carbocycles. The summed E-state index contributed by atoms with van der Waals surface area (Å²) in [6.07, 6.45) is -3.80. The number of hydrogen-bond donors (Lipinski definition) is 2. The maximum atomic E-state index is 13.3. The molecule has 2 N–H and O–H groups in total. The van der Waals surface area contributed by atoms with E-state index in [0.717, 1.165) is 11.4 Å². The van der Waals surface area contributed by atoms with Crippen LogP contribution >= 0.6 is 18.2 Å². The van der Waals surface area contributed by atoms with E-state index in [1.165, 1.54) is 0 Å². The van der Waals surface area contributed by atoms with E-state index in [-0.39, 0.29) is 25.4 Å². The first-order chi connectivity index (χ1) is 14.0. The third-order valence-corrected chi connectivity index (χ3v) is 8.37. The van der Waals surface area contributed by atoms with Crippen LogP contribution in [0.3, 0.4) is 0 Å². The summed E-state index contributed by atoms with van der Waals surface area (Å²) in [5.74, 6) is 0. The summed E-state index contributed by atoms with van der Waals surface area (Å²) < 4.78 is 47.6. The van der Waals surface area contributed by atoms with E-state index in [2.05, 4.69) is 0 Å².